The van der Waals surface area contributed by atoms with Gasteiger partial charge in [0.05, 0.1) is 24.8 Å². The average molecular weight is 656 g/mol. The van der Waals surface area contributed by atoms with Gasteiger partial charge in [-0.05, 0) is 86.7 Å². The van der Waals surface area contributed by atoms with Gasteiger partial charge in [0.2, 0.25) is 11.8 Å². The fraction of sp³-hybridized carbons (Fsp3) is 0.412. The van der Waals surface area contributed by atoms with Gasteiger partial charge in [0.1, 0.15) is 12.6 Å². The number of carbonyl (C=O) groups excluding carboxylic acids is 2. The van der Waals surface area contributed by atoms with E-state index >= 15 is 0 Å². The highest BCUT2D eigenvalue weighted by atomic mass is 35.5. The van der Waals surface area contributed by atoms with Crippen molar-refractivity contribution in [3.63, 3.8) is 0 Å². The molecule has 1 aliphatic carbocycles. The SMILES string of the molecule is COc1ccc(S(=O)(=O)N(CC(=O)N(Cc2ccc(Cl)cc2)[C@@H](C)C(=O)NC2CCCCC2)c2cc(C)cc(C)c2)cc1OC. The molecule has 0 saturated heterocycles. The van der Waals surface area contributed by atoms with Crippen LogP contribution in [0.2, 0.25) is 5.02 Å². The Bertz CT molecular complexity index is 1590. The zero-order valence-electron chi connectivity index (χ0n) is 26.5. The van der Waals surface area contributed by atoms with Crippen molar-refractivity contribution in [3.05, 3.63) is 82.4 Å². The smallest absolute Gasteiger partial charge is 0.264 e. The summed E-state index contributed by atoms with van der Waals surface area (Å²) >= 11 is 6.11. The summed E-state index contributed by atoms with van der Waals surface area (Å²) < 4.78 is 40.4. The molecule has 1 fully saturated rings. The van der Waals surface area contributed by atoms with Crippen LogP contribution in [0.25, 0.3) is 0 Å². The van der Waals surface area contributed by atoms with Gasteiger partial charge in [-0.2, -0.15) is 0 Å². The average Bonchev–Trinajstić information content (AvgIpc) is 3.02. The molecule has 0 aromatic heterocycles. The third-order valence-corrected chi connectivity index (χ3v) is 10.1. The summed E-state index contributed by atoms with van der Waals surface area (Å²) in [7, 11) is -1.40. The highest BCUT2D eigenvalue weighted by molar-refractivity contribution is 7.92. The standard InChI is InChI=1S/C34H42ClN3O6S/c1-23-17-24(2)19-29(18-23)38(45(41,42)30-15-16-31(43-4)32(20-30)44-5)22-33(39)37(21-26-11-13-27(35)14-12-26)25(3)34(40)36-28-9-7-6-8-10-28/h11-20,25,28H,6-10,21-22H2,1-5H3,(H,36,40)/t25-/m0/s1. The van der Waals surface area contributed by atoms with Crippen LogP contribution >= 0.6 is 11.6 Å². The Labute approximate surface area is 271 Å². The molecule has 9 nitrogen and oxygen atoms in total. The molecule has 4 rings (SSSR count). The van der Waals surface area contributed by atoms with Gasteiger partial charge < -0.3 is 19.7 Å². The van der Waals surface area contributed by atoms with Crippen LogP contribution in [-0.2, 0) is 26.2 Å². The van der Waals surface area contributed by atoms with Crippen LogP contribution in [0.3, 0.4) is 0 Å². The number of methoxy groups -OCH3 is 2. The van der Waals surface area contributed by atoms with Crippen LogP contribution in [0.1, 0.15) is 55.7 Å². The first-order valence-corrected chi connectivity index (χ1v) is 16.9. The Hall–Kier alpha value is -3.76. The van der Waals surface area contributed by atoms with Gasteiger partial charge in [-0.3, -0.25) is 13.9 Å². The summed E-state index contributed by atoms with van der Waals surface area (Å²) in [6, 6.07) is 15.9. The fourth-order valence-electron chi connectivity index (χ4n) is 5.67. The van der Waals surface area contributed by atoms with Gasteiger partial charge in [0.25, 0.3) is 10.0 Å². The summed E-state index contributed by atoms with van der Waals surface area (Å²) in [6.45, 7) is 4.96. The van der Waals surface area contributed by atoms with E-state index in [4.69, 9.17) is 21.1 Å². The predicted octanol–water partition coefficient (Wildman–Crippen LogP) is 6.04. The van der Waals surface area contributed by atoms with Crippen molar-refractivity contribution in [2.45, 2.75) is 76.4 Å². The molecule has 3 aromatic carbocycles. The van der Waals surface area contributed by atoms with E-state index < -0.39 is 28.5 Å². The number of sulfonamides is 1. The molecule has 1 N–H and O–H groups in total. The second-order valence-corrected chi connectivity index (χ2v) is 13.8. The maximum atomic E-state index is 14.3. The van der Waals surface area contributed by atoms with Crippen LogP contribution in [0.4, 0.5) is 5.69 Å². The number of benzene rings is 3. The Balaban J connectivity index is 1.73. The molecule has 2 amide bonds. The number of ether oxygens (including phenoxy) is 2. The van der Waals surface area contributed by atoms with Crippen molar-refractivity contribution in [2.75, 3.05) is 25.1 Å². The number of carbonyl (C=O) groups is 2. The molecule has 0 aliphatic heterocycles. The van der Waals surface area contributed by atoms with Crippen molar-refractivity contribution in [1.82, 2.24) is 10.2 Å². The lowest BCUT2D eigenvalue weighted by molar-refractivity contribution is -0.139. The van der Waals surface area contributed by atoms with E-state index in [2.05, 4.69) is 5.32 Å². The van der Waals surface area contributed by atoms with Crippen LogP contribution < -0.4 is 19.1 Å². The van der Waals surface area contributed by atoms with E-state index in [-0.39, 0.29) is 29.1 Å². The van der Waals surface area contributed by atoms with Gasteiger partial charge in [-0.25, -0.2) is 8.42 Å². The molecule has 1 aliphatic rings. The zero-order valence-corrected chi connectivity index (χ0v) is 28.1. The summed E-state index contributed by atoms with van der Waals surface area (Å²) in [6.07, 6.45) is 5.03. The van der Waals surface area contributed by atoms with Crippen molar-refractivity contribution < 1.29 is 27.5 Å². The Morgan fingerprint density at radius 3 is 2.13 bits per heavy atom. The lowest BCUT2D eigenvalue weighted by Crippen LogP contribution is -2.53. The van der Waals surface area contributed by atoms with Crippen LogP contribution in [0.5, 0.6) is 11.5 Å². The Morgan fingerprint density at radius 1 is 0.911 bits per heavy atom. The number of hydrogen-bond acceptors (Lipinski definition) is 6. The molecule has 0 radical (unpaired) electrons. The molecule has 1 saturated carbocycles. The second-order valence-electron chi connectivity index (χ2n) is 11.5. The summed E-state index contributed by atoms with van der Waals surface area (Å²) in [5, 5.41) is 3.66. The maximum Gasteiger partial charge on any atom is 0.264 e. The first-order valence-electron chi connectivity index (χ1n) is 15.1. The van der Waals surface area contributed by atoms with Gasteiger partial charge in [0.15, 0.2) is 11.5 Å². The lowest BCUT2D eigenvalue weighted by atomic mass is 9.95. The van der Waals surface area contributed by atoms with E-state index in [1.165, 1.54) is 37.3 Å². The molecule has 0 heterocycles. The van der Waals surface area contributed by atoms with E-state index in [1.54, 1.807) is 43.3 Å². The van der Waals surface area contributed by atoms with E-state index in [1.807, 2.05) is 19.9 Å². The van der Waals surface area contributed by atoms with Gasteiger partial charge in [0, 0.05) is 23.7 Å². The summed E-state index contributed by atoms with van der Waals surface area (Å²) in [5.41, 5.74) is 2.76. The first kappa shape index (κ1) is 34.1. The zero-order chi connectivity index (χ0) is 32.7. The van der Waals surface area contributed by atoms with Gasteiger partial charge in [-0.15, -0.1) is 0 Å². The molecule has 1 atom stereocenters. The summed E-state index contributed by atoms with van der Waals surface area (Å²) in [5.74, 6) is -0.190. The third-order valence-electron chi connectivity index (χ3n) is 8.10. The van der Waals surface area contributed by atoms with E-state index in [0.717, 1.165) is 53.1 Å². The van der Waals surface area contributed by atoms with Crippen molar-refractivity contribution in [2.24, 2.45) is 0 Å². The van der Waals surface area contributed by atoms with E-state index in [0.29, 0.717) is 16.5 Å². The van der Waals surface area contributed by atoms with Crippen molar-refractivity contribution in [3.8, 4) is 11.5 Å². The first-order chi connectivity index (χ1) is 21.4. The monoisotopic (exact) mass is 655 g/mol. The Morgan fingerprint density at radius 2 is 1.53 bits per heavy atom. The highest BCUT2D eigenvalue weighted by Crippen LogP contribution is 2.33. The number of rotatable bonds is 12. The molecule has 11 heteroatoms. The number of halogens is 1. The lowest BCUT2D eigenvalue weighted by Gasteiger charge is -2.33. The molecule has 45 heavy (non-hydrogen) atoms. The molecule has 3 aromatic rings. The van der Waals surface area contributed by atoms with Crippen molar-refractivity contribution >= 4 is 39.1 Å². The minimum atomic E-state index is -4.29. The van der Waals surface area contributed by atoms with Crippen molar-refractivity contribution in [1.29, 1.82) is 0 Å². The molecule has 0 spiro atoms. The second kappa shape index (κ2) is 15.0. The number of hydrogen-bond donors (Lipinski definition) is 1. The molecular weight excluding hydrogens is 614 g/mol. The fourth-order valence-corrected chi connectivity index (χ4v) is 7.21. The Kier molecular flexibility index (Phi) is 11.4. The topological polar surface area (TPSA) is 105 Å². The van der Waals surface area contributed by atoms with Crippen LogP contribution in [0, 0.1) is 13.8 Å². The highest BCUT2D eigenvalue weighted by Gasteiger charge is 2.34. The molecule has 242 valence electrons. The minimum absolute atomic E-state index is 0.0541. The maximum absolute atomic E-state index is 14.3. The van der Waals surface area contributed by atoms with Gasteiger partial charge >= 0.3 is 0 Å². The summed E-state index contributed by atoms with van der Waals surface area (Å²) in [4.78, 5) is 29.2. The largest absolute Gasteiger partial charge is 0.493 e. The third kappa shape index (κ3) is 8.49. The molecule has 0 bridgehead atoms. The van der Waals surface area contributed by atoms with Gasteiger partial charge in [-0.1, -0.05) is 49.1 Å². The number of amides is 2. The quantitative estimate of drug-likeness (QED) is 0.255. The predicted molar refractivity (Wildman–Crippen MR) is 176 cm³/mol. The number of nitrogens with zero attached hydrogens (tertiary/aromatic N) is 2. The number of anilines is 1. The van der Waals surface area contributed by atoms with Crippen LogP contribution in [-0.4, -0.2) is 58.0 Å². The van der Waals surface area contributed by atoms with E-state index in [9.17, 15) is 18.0 Å². The van der Waals surface area contributed by atoms with Crippen LogP contribution in [0.15, 0.2) is 65.6 Å². The number of aryl methyl sites for hydroxylation is 2. The number of nitrogens with one attached hydrogen (secondary N) is 1. The normalized spacial score (nSPS) is 14.4. The molecule has 0 unspecified atom stereocenters. The molecular formula is C34H42ClN3O6S. The minimum Gasteiger partial charge on any atom is -0.493 e.